The van der Waals surface area contributed by atoms with Crippen LogP contribution in [0.25, 0.3) is 0 Å². The molecule has 2 aliphatic rings. The molecular weight excluding hydrogens is 126 g/mol. The second-order valence-corrected chi connectivity index (χ2v) is 3.66. The first-order chi connectivity index (χ1) is 4.85. The van der Waals surface area contributed by atoms with Gasteiger partial charge >= 0.3 is 0 Å². The smallest absolute Gasteiger partial charge is 0.0167 e. The lowest BCUT2D eigenvalue weighted by atomic mass is 9.85. The fourth-order valence-electron chi connectivity index (χ4n) is 2.27. The van der Waals surface area contributed by atoms with Gasteiger partial charge in [0.05, 0.1) is 0 Å². The van der Waals surface area contributed by atoms with Gasteiger partial charge in [0.25, 0.3) is 0 Å². The Balaban J connectivity index is 2.01. The van der Waals surface area contributed by atoms with Crippen molar-refractivity contribution in [1.29, 1.82) is 0 Å². The van der Waals surface area contributed by atoms with Gasteiger partial charge in [-0.3, -0.25) is 11.3 Å². The van der Waals surface area contributed by atoms with Crippen molar-refractivity contribution in [2.75, 3.05) is 26.2 Å². The molecular formula is C7H15N3. The molecule has 0 spiro atoms. The number of hydrogen-bond acceptors (Lipinski definition) is 3. The summed E-state index contributed by atoms with van der Waals surface area (Å²) in [5, 5.41) is 0. The Labute approximate surface area is 61.5 Å². The van der Waals surface area contributed by atoms with Crippen LogP contribution < -0.4 is 11.3 Å². The monoisotopic (exact) mass is 141 g/mol. The van der Waals surface area contributed by atoms with Crippen LogP contribution in [0, 0.1) is 5.41 Å². The first kappa shape index (κ1) is 6.58. The van der Waals surface area contributed by atoms with E-state index in [1.165, 1.54) is 32.5 Å². The summed E-state index contributed by atoms with van der Waals surface area (Å²) >= 11 is 0. The minimum atomic E-state index is 0.550. The van der Waals surface area contributed by atoms with E-state index in [4.69, 9.17) is 5.84 Å². The Kier molecular flexibility index (Phi) is 1.44. The summed E-state index contributed by atoms with van der Waals surface area (Å²) in [6.45, 7) is 4.87. The predicted molar refractivity (Wildman–Crippen MR) is 40.3 cm³/mol. The molecule has 0 unspecified atom stereocenters. The van der Waals surface area contributed by atoms with Gasteiger partial charge in [-0.15, -0.1) is 0 Å². The first-order valence-electron chi connectivity index (χ1n) is 4.01. The lowest BCUT2D eigenvalue weighted by Crippen LogP contribution is -2.37. The Hall–Kier alpha value is -0.120. The third kappa shape index (κ3) is 0.856. The quantitative estimate of drug-likeness (QED) is 0.404. The zero-order valence-corrected chi connectivity index (χ0v) is 6.27. The predicted octanol–water partition coefficient (Wildman–Crippen LogP) is -0.455. The van der Waals surface area contributed by atoms with Crippen molar-refractivity contribution in [1.82, 2.24) is 10.3 Å². The summed E-state index contributed by atoms with van der Waals surface area (Å²) in [5.41, 5.74) is 3.35. The van der Waals surface area contributed by atoms with Crippen molar-refractivity contribution in [3.63, 3.8) is 0 Å². The van der Waals surface area contributed by atoms with E-state index >= 15 is 0 Å². The fourth-order valence-corrected chi connectivity index (χ4v) is 2.27. The van der Waals surface area contributed by atoms with Crippen LogP contribution in [-0.2, 0) is 0 Å². The standard InChI is InChI=1S/C7H15N3/c8-9-5-7-1-3-10(6-7)4-2-7/h9H,1-6,8H2. The highest BCUT2D eigenvalue weighted by Crippen LogP contribution is 2.39. The highest BCUT2D eigenvalue weighted by atomic mass is 15.2. The van der Waals surface area contributed by atoms with Gasteiger partial charge in [0, 0.05) is 13.1 Å². The van der Waals surface area contributed by atoms with Crippen LogP contribution in [0.5, 0.6) is 0 Å². The minimum Gasteiger partial charge on any atom is -0.303 e. The largest absolute Gasteiger partial charge is 0.303 e. The van der Waals surface area contributed by atoms with E-state index in [0.717, 1.165) is 6.54 Å². The van der Waals surface area contributed by atoms with Crippen LogP contribution >= 0.6 is 0 Å². The van der Waals surface area contributed by atoms with Crippen molar-refractivity contribution >= 4 is 0 Å². The molecule has 2 bridgehead atoms. The molecule has 0 aromatic heterocycles. The zero-order chi connectivity index (χ0) is 7.03. The van der Waals surface area contributed by atoms with Crippen LogP contribution in [0.2, 0.25) is 0 Å². The molecule has 3 nitrogen and oxygen atoms in total. The molecule has 2 saturated heterocycles. The molecule has 0 aromatic rings. The molecule has 0 radical (unpaired) electrons. The zero-order valence-electron chi connectivity index (χ0n) is 6.27. The van der Waals surface area contributed by atoms with Gasteiger partial charge in [-0.25, -0.2) is 0 Å². The molecule has 10 heavy (non-hydrogen) atoms. The molecule has 2 aliphatic heterocycles. The average Bonchev–Trinajstić information content (AvgIpc) is 2.46. The van der Waals surface area contributed by atoms with E-state index in [1.807, 2.05) is 0 Å². The second-order valence-electron chi connectivity index (χ2n) is 3.66. The van der Waals surface area contributed by atoms with E-state index in [-0.39, 0.29) is 0 Å². The number of nitrogens with zero attached hydrogens (tertiary/aromatic N) is 1. The first-order valence-corrected chi connectivity index (χ1v) is 4.01. The summed E-state index contributed by atoms with van der Waals surface area (Å²) in [6, 6.07) is 0. The van der Waals surface area contributed by atoms with Crippen molar-refractivity contribution in [3.05, 3.63) is 0 Å². The molecule has 0 aromatic carbocycles. The van der Waals surface area contributed by atoms with E-state index in [1.54, 1.807) is 0 Å². The highest BCUT2D eigenvalue weighted by molar-refractivity contribution is 4.97. The van der Waals surface area contributed by atoms with Crippen LogP contribution in [0.1, 0.15) is 12.8 Å². The molecule has 58 valence electrons. The Morgan fingerprint density at radius 1 is 1.40 bits per heavy atom. The summed E-state index contributed by atoms with van der Waals surface area (Å²) in [6.07, 6.45) is 2.69. The number of fused-ring (bicyclic) bond motifs is 2. The SMILES string of the molecule is NNCC12CCN(CC1)C2. The molecule has 3 N–H and O–H groups in total. The van der Waals surface area contributed by atoms with Crippen LogP contribution in [0.3, 0.4) is 0 Å². The molecule has 2 fully saturated rings. The van der Waals surface area contributed by atoms with Gasteiger partial charge in [0.2, 0.25) is 0 Å². The number of nitrogens with two attached hydrogens (primary N) is 1. The van der Waals surface area contributed by atoms with Crippen molar-refractivity contribution in [2.45, 2.75) is 12.8 Å². The van der Waals surface area contributed by atoms with Crippen molar-refractivity contribution in [3.8, 4) is 0 Å². The molecule has 0 atom stereocenters. The summed E-state index contributed by atoms with van der Waals surface area (Å²) in [5.74, 6) is 5.32. The van der Waals surface area contributed by atoms with Gasteiger partial charge in [-0.2, -0.15) is 0 Å². The van der Waals surface area contributed by atoms with Gasteiger partial charge in [-0.05, 0) is 31.3 Å². The van der Waals surface area contributed by atoms with Crippen molar-refractivity contribution in [2.24, 2.45) is 11.3 Å². The second kappa shape index (κ2) is 2.19. The van der Waals surface area contributed by atoms with E-state index in [9.17, 15) is 0 Å². The number of hydrogen-bond donors (Lipinski definition) is 2. The Bertz CT molecular complexity index is 127. The normalized spacial score (nSPS) is 44.7. The highest BCUT2D eigenvalue weighted by Gasteiger charge is 2.42. The summed E-state index contributed by atoms with van der Waals surface area (Å²) < 4.78 is 0. The summed E-state index contributed by atoms with van der Waals surface area (Å²) in [7, 11) is 0. The number of rotatable bonds is 2. The fraction of sp³-hybridized carbons (Fsp3) is 1.00. The topological polar surface area (TPSA) is 41.3 Å². The molecule has 0 aliphatic carbocycles. The maximum absolute atomic E-state index is 5.32. The third-order valence-electron chi connectivity index (χ3n) is 2.95. The molecule has 2 rings (SSSR count). The van der Waals surface area contributed by atoms with E-state index < -0.39 is 0 Å². The van der Waals surface area contributed by atoms with Gasteiger partial charge < -0.3 is 4.90 Å². The van der Waals surface area contributed by atoms with Crippen LogP contribution in [0.15, 0.2) is 0 Å². The van der Waals surface area contributed by atoms with Crippen LogP contribution in [-0.4, -0.2) is 31.1 Å². The maximum Gasteiger partial charge on any atom is 0.0167 e. The maximum atomic E-state index is 5.32. The summed E-state index contributed by atoms with van der Waals surface area (Å²) in [4.78, 5) is 2.53. The Morgan fingerprint density at radius 2 is 2.10 bits per heavy atom. The number of piperidine rings is 1. The molecule has 0 saturated carbocycles. The van der Waals surface area contributed by atoms with E-state index in [2.05, 4.69) is 10.3 Å². The van der Waals surface area contributed by atoms with Gasteiger partial charge in [0.15, 0.2) is 0 Å². The number of hydrazine groups is 1. The van der Waals surface area contributed by atoms with Gasteiger partial charge in [-0.1, -0.05) is 0 Å². The van der Waals surface area contributed by atoms with Crippen LogP contribution in [0.4, 0.5) is 0 Å². The molecule has 0 amide bonds. The molecule has 3 heteroatoms. The Morgan fingerprint density at radius 3 is 2.50 bits per heavy atom. The van der Waals surface area contributed by atoms with Crippen molar-refractivity contribution < 1.29 is 0 Å². The molecule has 2 heterocycles. The number of nitrogens with one attached hydrogen (secondary N) is 1. The van der Waals surface area contributed by atoms with Gasteiger partial charge in [0.1, 0.15) is 0 Å². The minimum absolute atomic E-state index is 0.550. The lowest BCUT2D eigenvalue weighted by molar-refractivity contribution is 0.306. The van der Waals surface area contributed by atoms with E-state index in [0.29, 0.717) is 5.41 Å². The lowest BCUT2D eigenvalue weighted by Gasteiger charge is -2.23. The average molecular weight is 141 g/mol. The third-order valence-corrected chi connectivity index (χ3v) is 2.95.